The molecule has 1 aromatic heterocycles. The van der Waals surface area contributed by atoms with Gasteiger partial charge in [-0.3, -0.25) is 9.78 Å². The van der Waals surface area contributed by atoms with Gasteiger partial charge >= 0.3 is 0 Å². The maximum absolute atomic E-state index is 12.8. The zero-order valence-corrected chi connectivity index (χ0v) is 15.5. The molecule has 1 unspecified atom stereocenters. The summed E-state index contributed by atoms with van der Waals surface area (Å²) in [5.41, 5.74) is 0.571. The molecular weight excluding hydrogens is 390 g/mol. The summed E-state index contributed by atoms with van der Waals surface area (Å²) in [6, 6.07) is 5.34. The van der Waals surface area contributed by atoms with Crippen molar-refractivity contribution in [3.63, 3.8) is 0 Å². The van der Waals surface area contributed by atoms with Gasteiger partial charge in [0, 0.05) is 17.4 Å². The van der Waals surface area contributed by atoms with Gasteiger partial charge in [-0.05, 0) is 34.1 Å². The topological polar surface area (TPSA) is 73.8 Å². The highest BCUT2D eigenvalue weighted by atomic mass is 79.9. The summed E-state index contributed by atoms with van der Waals surface area (Å²) in [6.07, 6.45) is 3.64. The minimum atomic E-state index is -0.130. The van der Waals surface area contributed by atoms with Crippen molar-refractivity contribution in [2.24, 2.45) is 0 Å². The number of nitrogens with zero attached hydrogens (tertiary/aromatic N) is 3. The number of methoxy groups -OCH3 is 2. The molecule has 2 aromatic rings. The maximum atomic E-state index is 12.8. The van der Waals surface area contributed by atoms with Crippen LogP contribution >= 0.6 is 15.9 Å². The van der Waals surface area contributed by atoms with Gasteiger partial charge in [-0.1, -0.05) is 0 Å². The lowest BCUT2D eigenvalue weighted by Crippen LogP contribution is -2.31. The van der Waals surface area contributed by atoms with Crippen LogP contribution in [0.4, 0.5) is 0 Å². The van der Waals surface area contributed by atoms with E-state index in [9.17, 15) is 4.79 Å². The van der Waals surface area contributed by atoms with Crippen molar-refractivity contribution in [3.8, 4) is 17.5 Å². The summed E-state index contributed by atoms with van der Waals surface area (Å²) >= 11 is 3.43. The molecule has 1 atom stereocenters. The quantitative estimate of drug-likeness (QED) is 0.757. The molecule has 1 aromatic carbocycles. The Labute approximate surface area is 154 Å². The van der Waals surface area contributed by atoms with Crippen molar-refractivity contribution >= 4 is 21.8 Å². The molecule has 1 amide bonds. The van der Waals surface area contributed by atoms with Crippen molar-refractivity contribution in [1.29, 1.82) is 0 Å². The molecule has 25 heavy (non-hydrogen) atoms. The number of ether oxygens (including phenoxy) is 3. The van der Waals surface area contributed by atoms with Crippen LogP contribution in [-0.2, 0) is 0 Å². The smallest absolute Gasteiger partial charge is 0.255 e. The Balaban J connectivity index is 1.67. The van der Waals surface area contributed by atoms with Crippen molar-refractivity contribution < 1.29 is 19.0 Å². The Bertz CT molecular complexity index is 771. The van der Waals surface area contributed by atoms with Gasteiger partial charge in [0.15, 0.2) is 0 Å². The number of halogens is 1. The van der Waals surface area contributed by atoms with E-state index >= 15 is 0 Å². The van der Waals surface area contributed by atoms with E-state index in [-0.39, 0.29) is 12.0 Å². The second kappa shape index (κ2) is 7.69. The molecule has 8 heteroatoms. The molecule has 0 aliphatic carbocycles. The highest BCUT2D eigenvalue weighted by molar-refractivity contribution is 9.10. The molecular formula is C17H18BrN3O4. The molecule has 0 spiro atoms. The summed E-state index contributed by atoms with van der Waals surface area (Å²) in [5.74, 6) is 1.36. The molecule has 0 radical (unpaired) electrons. The standard InChI is InChI=1S/C17H18BrN3O4/c1-23-11-3-4-14(18)13(7-11)17(22)21-6-5-12(10-21)25-16-9-19-8-15(20-16)24-2/h3-4,7-9,12H,5-6,10H2,1-2H3. The van der Waals surface area contributed by atoms with Crippen LogP contribution in [-0.4, -0.2) is 54.2 Å². The van der Waals surface area contributed by atoms with E-state index in [2.05, 4.69) is 25.9 Å². The molecule has 1 fully saturated rings. The van der Waals surface area contributed by atoms with Crippen molar-refractivity contribution in [2.45, 2.75) is 12.5 Å². The number of likely N-dealkylation sites (tertiary alicyclic amines) is 1. The SMILES string of the molecule is COc1ccc(Br)c(C(=O)N2CCC(Oc3cncc(OC)n3)C2)c1. The van der Waals surface area contributed by atoms with E-state index < -0.39 is 0 Å². The van der Waals surface area contributed by atoms with Crippen LogP contribution in [0.1, 0.15) is 16.8 Å². The van der Waals surface area contributed by atoms with E-state index in [0.29, 0.717) is 36.2 Å². The predicted molar refractivity (Wildman–Crippen MR) is 94.2 cm³/mol. The van der Waals surface area contributed by atoms with Gasteiger partial charge in [0.1, 0.15) is 11.9 Å². The minimum absolute atomic E-state index is 0.0615. The van der Waals surface area contributed by atoms with E-state index in [4.69, 9.17) is 14.2 Å². The predicted octanol–water partition coefficient (Wildman–Crippen LogP) is 2.55. The zero-order chi connectivity index (χ0) is 17.8. The zero-order valence-electron chi connectivity index (χ0n) is 13.9. The van der Waals surface area contributed by atoms with Crippen molar-refractivity contribution in [1.82, 2.24) is 14.9 Å². The molecule has 0 saturated carbocycles. The van der Waals surface area contributed by atoms with Gasteiger partial charge in [0.05, 0.1) is 38.7 Å². The van der Waals surface area contributed by atoms with E-state index in [0.717, 1.165) is 10.9 Å². The van der Waals surface area contributed by atoms with E-state index in [1.165, 1.54) is 19.5 Å². The summed E-state index contributed by atoms with van der Waals surface area (Å²) in [6.45, 7) is 1.10. The Hall–Kier alpha value is -2.35. The third-order valence-corrected chi connectivity index (χ3v) is 4.61. The van der Waals surface area contributed by atoms with Crippen molar-refractivity contribution in [3.05, 3.63) is 40.6 Å². The first kappa shape index (κ1) is 17.5. The summed E-state index contributed by atoms with van der Waals surface area (Å²) in [4.78, 5) is 22.7. The summed E-state index contributed by atoms with van der Waals surface area (Å²) < 4.78 is 16.8. The fourth-order valence-corrected chi connectivity index (χ4v) is 3.05. The molecule has 1 aliphatic heterocycles. The number of amides is 1. The monoisotopic (exact) mass is 407 g/mol. The molecule has 7 nitrogen and oxygen atoms in total. The molecule has 0 bridgehead atoms. The van der Waals surface area contributed by atoms with Crippen LogP contribution in [0.3, 0.4) is 0 Å². The van der Waals surface area contributed by atoms with Gasteiger partial charge in [-0.25, -0.2) is 0 Å². The Morgan fingerprint density at radius 2 is 2.04 bits per heavy atom. The van der Waals surface area contributed by atoms with Gasteiger partial charge in [0.25, 0.3) is 5.91 Å². The highest BCUT2D eigenvalue weighted by Crippen LogP contribution is 2.26. The van der Waals surface area contributed by atoms with Crippen LogP contribution in [0.25, 0.3) is 0 Å². The average Bonchev–Trinajstić information content (AvgIpc) is 3.10. The molecule has 1 aliphatic rings. The molecule has 3 rings (SSSR count). The number of carbonyl (C=O) groups is 1. The highest BCUT2D eigenvalue weighted by Gasteiger charge is 2.29. The number of benzene rings is 1. The first-order valence-electron chi connectivity index (χ1n) is 7.76. The van der Waals surface area contributed by atoms with Crippen LogP contribution < -0.4 is 14.2 Å². The van der Waals surface area contributed by atoms with Gasteiger partial charge in [-0.2, -0.15) is 4.98 Å². The number of carbonyl (C=O) groups excluding carboxylic acids is 1. The number of aromatic nitrogens is 2. The third-order valence-electron chi connectivity index (χ3n) is 3.92. The Morgan fingerprint density at radius 3 is 2.80 bits per heavy atom. The number of rotatable bonds is 5. The normalized spacial score (nSPS) is 16.6. The van der Waals surface area contributed by atoms with Gasteiger partial charge in [0.2, 0.25) is 11.8 Å². The first-order chi connectivity index (χ1) is 12.1. The number of hydrogen-bond donors (Lipinski definition) is 0. The van der Waals surface area contributed by atoms with Crippen LogP contribution in [0, 0.1) is 0 Å². The second-order valence-electron chi connectivity index (χ2n) is 5.53. The lowest BCUT2D eigenvalue weighted by atomic mass is 10.2. The van der Waals surface area contributed by atoms with Crippen LogP contribution in [0.2, 0.25) is 0 Å². The molecule has 2 heterocycles. The second-order valence-corrected chi connectivity index (χ2v) is 6.38. The number of hydrogen-bond acceptors (Lipinski definition) is 6. The fraction of sp³-hybridized carbons (Fsp3) is 0.353. The molecule has 132 valence electrons. The summed E-state index contributed by atoms with van der Waals surface area (Å²) in [5, 5.41) is 0. The summed E-state index contributed by atoms with van der Waals surface area (Å²) in [7, 11) is 3.10. The molecule has 1 saturated heterocycles. The van der Waals surface area contributed by atoms with E-state index in [1.54, 1.807) is 24.1 Å². The lowest BCUT2D eigenvalue weighted by Gasteiger charge is -2.18. The van der Waals surface area contributed by atoms with Gasteiger partial charge < -0.3 is 19.1 Å². The fourth-order valence-electron chi connectivity index (χ4n) is 2.63. The third kappa shape index (κ3) is 4.01. The first-order valence-corrected chi connectivity index (χ1v) is 8.55. The average molecular weight is 408 g/mol. The minimum Gasteiger partial charge on any atom is -0.497 e. The lowest BCUT2D eigenvalue weighted by molar-refractivity contribution is 0.0769. The largest absolute Gasteiger partial charge is 0.497 e. The van der Waals surface area contributed by atoms with E-state index in [1.807, 2.05) is 6.07 Å². The van der Waals surface area contributed by atoms with Crippen LogP contribution in [0.5, 0.6) is 17.5 Å². The van der Waals surface area contributed by atoms with Crippen LogP contribution in [0.15, 0.2) is 35.1 Å². The molecule has 0 N–H and O–H groups in total. The van der Waals surface area contributed by atoms with Gasteiger partial charge in [-0.15, -0.1) is 0 Å². The van der Waals surface area contributed by atoms with Crippen molar-refractivity contribution in [2.75, 3.05) is 27.3 Å². The Kier molecular flexibility index (Phi) is 5.37. The maximum Gasteiger partial charge on any atom is 0.255 e. The Morgan fingerprint density at radius 1 is 1.24 bits per heavy atom.